The summed E-state index contributed by atoms with van der Waals surface area (Å²) >= 11 is 6.40. The van der Waals surface area contributed by atoms with E-state index in [1.54, 1.807) is 18.3 Å². The number of halogens is 3. The molecule has 3 heterocycles. The molecule has 0 aliphatic heterocycles. The molecule has 0 bridgehead atoms. The van der Waals surface area contributed by atoms with Crippen molar-refractivity contribution >= 4 is 29.3 Å². The Kier molecular flexibility index (Phi) is 10.6. The largest absolute Gasteiger partial charge is 0.481 e. The third-order valence-corrected chi connectivity index (χ3v) is 7.12. The van der Waals surface area contributed by atoms with E-state index in [1.165, 1.54) is 29.2 Å². The van der Waals surface area contributed by atoms with Crippen LogP contribution in [0.2, 0.25) is 5.02 Å². The monoisotopic (exact) mass is 608 g/mol. The molecular formula is C27H31ClF2N6O6. The maximum Gasteiger partial charge on any atom is 0.387 e. The first-order valence-electron chi connectivity index (χ1n) is 13.3. The van der Waals surface area contributed by atoms with Gasteiger partial charge in [0, 0.05) is 24.3 Å². The molecular weight excluding hydrogens is 578 g/mol. The average molecular weight is 609 g/mol. The number of rotatable bonds is 14. The number of hydrogen-bond donors (Lipinski definition) is 5. The van der Waals surface area contributed by atoms with Crippen LogP contribution in [-0.4, -0.2) is 71.7 Å². The number of aliphatic hydroxyl groups is 2. The molecule has 5 N–H and O–H groups in total. The van der Waals surface area contributed by atoms with E-state index >= 15 is 0 Å². The van der Waals surface area contributed by atoms with Gasteiger partial charge < -0.3 is 30.7 Å². The lowest BCUT2D eigenvalue weighted by Gasteiger charge is -2.16. The minimum absolute atomic E-state index is 0.0822. The Morgan fingerprint density at radius 2 is 1.81 bits per heavy atom. The number of carboxylic acid groups (broad SMARTS) is 1. The molecule has 12 nitrogen and oxygen atoms in total. The van der Waals surface area contributed by atoms with Crippen LogP contribution in [0.1, 0.15) is 44.1 Å². The van der Waals surface area contributed by atoms with E-state index in [0.29, 0.717) is 28.0 Å². The summed E-state index contributed by atoms with van der Waals surface area (Å²) in [4.78, 5) is 35.9. The maximum absolute atomic E-state index is 12.8. The Balaban J connectivity index is 1.28. The van der Waals surface area contributed by atoms with Gasteiger partial charge in [0.05, 0.1) is 47.9 Å². The van der Waals surface area contributed by atoms with Gasteiger partial charge >= 0.3 is 12.6 Å². The van der Waals surface area contributed by atoms with Crippen LogP contribution >= 0.6 is 11.6 Å². The molecule has 4 atom stereocenters. The number of pyridine rings is 2. The predicted octanol–water partition coefficient (Wildman–Crippen LogP) is 3.24. The molecule has 0 amide bonds. The number of aromatic nitrogens is 4. The van der Waals surface area contributed by atoms with Gasteiger partial charge in [0.25, 0.3) is 5.56 Å². The van der Waals surface area contributed by atoms with E-state index in [2.05, 4.69) is 30.3 Å². The van der Waals surface area contributed by atoms with Crippen LogP contribution < -0.4 is 20.9 Å². The predicted molar refractivity (Wildman–Crippen MR) is 149 cm³/mol. The zero-order valence-corrected chi connectivity index (χ0v) is 23.1. The summed E-state index contributed by atoms with van der Waals surface area (Å²) in [6, 6.07) is 5.08. The summed E-state index contributed by atoms with van der Waals surface area (Å²) in [5, 5.41) is 35.4. The second-order valence-electron chi connectivity index (χ2n) is 10.1. The molecule has 4 rings (SSSR count). The highest BCUT2D eigenvalue weighted by molar-refractivity contribution is 6.31. The van der Waals surface area contributed by atoms with Crippen LogP contribution in [0.15, 0.2) is 47.8 Å². The molecule has 42 heavy (non-hydrogen) atoms. The first kappa shape index (κ1) is 31.1. The maximum atomic E-state index is 12.8. The molecule has 0 unspecified atom stereocenters. The van der Waals surface area contributed by atoms with Crippen molar-refractivity contribution in [3.63, 3.8) is 0 Å². The van der Waals surface area contributed by atoms with Crippen molar-refractivity contribution in [2.24, 2.45) is 0 Å². The van der Waals surface area contributed by atoms with Crippen LogP contribution in [-0.2, 0) is 11.2 Å². The van der Waals surface area contributed by atoms with Crippen LogP contribution in [0.5, 0.6) is 5.75 Å². The number of carboxylic acids is 1. The molecule has 3 aromatic rings. The summed E-state index contributed by atoms with van der Waals surface area (Å²) in [6.45, 7) is -2.94. The van der Waals surface area contributed by atoms with Crippen molar-refractivity contribution in [2.75, 3.05) is 10.6 Å². The number of nitrogens with zero attached hydrogens (tertiary/aromatic N) is 4. The zero-order chi connectivity index (χ0) is 30.2. The molecule has 1 fully saturated rings. The highest BCUT2D eigenvalue weighted by Gasteiger charge is 2.25. The lowest BCUT2D eigenvalue weighted by Crippen LogP contribution is -2.22. The minimum Gasteiger partial charge on any atom is -0.481 e. The first-order valence-corrected chi connectivity index (χ1v) is 13.7. The molecule has 0 spiro atoms. The van der Waals surface area contributed by atoms with E-state index in [0.717, 1.165) is 19.3 Å². The fourth-order valence-corrected chi connectivity index (χ4v) is 5.03. The smallest absolute Gasteiger partial charge is 0.387 e. The topological polar surface area (TPSA) is 172 Å². The molecule has 1 saturated carbocycles. The second-order valence-corrected chi connectivity index (χ2v) is 10.5. The van der Waals surface area contributed by atoms with Crippen molar-refractivity contribution in [3.05, 3.63) is 63.9 Å². The van der Waals surface area contributed by atoms with E-state index in [4.69, 9.17) is 16.7 Å². The van der Waals surface area contributed by atoms with Crippen molar-refractivity contribution in [3.8, 4) is 11.4 Å². The fourth-order valence-electron chi connectivity index (χ4n) is 4.78. The first-order chi connectivity index (χ1) is 20.0. The Morgan fingerprint density at radius 1 is 1.10 bits per heavy atom. The Bertz CT molecular complexity index is 1400. The van der Waals surface area contributed by atoms with Crippen LogP contribution in [0.25, 0.3) is 5.69 Å². The quantitative estimate of drug-likeness (QED) is 0.182. The second kappa shape index (κ2) is 14.3. The number of anilines is 2. The number of hydrogen-bond acceptors (Lipinski definition) is 10. The number of alkyl halides is 2. The molecule has 3 aromatic heterocycles. The molecule has 226 valence electrons. The van der Waals surface area contributed by atoms with Gasteiger partial charge in [-0.05, 0) is 56.2 Å². The Morgan fingerprint density at radius 3 is 2.45 bits per heavy atom. The van der Waals surface area contributed by atoms with Gasteiger partial charge in [-0.2, -0.15) is 8.78 Å². The summed E-state index contributed by atoms with van der Waals surface area (Å²) < 4.78 is 30.2. The van der Waals surface area contributed by atoms with Gasteiger partial charge in [-0.15, -0.1) is 0 Å². The van der Waals surface area contributed by atoms with Crippen LogP contribution in [0, 0.1) is 0 Å². The molecule has 1 aliphatic rings. The van der Waals surface area contributed by atoms with E-state index in [-0.39, 0.29) is 42.7 Å². The van der Waals surface area contributed by atoms with E-state index in [9.17, 15) is 28.6 Å². The third kappa shape index (κ3) is 9.06. The Hall–Kier alpha value is -3.88. The Labute approximate surface area is 244 Å². The summed E-state index contributed by atoms with van der Waals surface area (Å²) in [7, 11) is 0. The molecule has 15 heteroatoms. The standard InChI is InChI=1S/C27H31ClF2N6O6/c28-22-14-36(24(39)7-15(22)1-5-19(37)9-20(38)10-25(40)41)18-4-6-23(31-11-18)34-16-2-3-17(8-16)35-27-32-12-21(13-33-27)42-26(29)30/h4,6-7,11-14,16-17,19-20,26,37-38H,1-3,5,8-10H2,(H,31,34)(H,40,41)(H,32,33,35)/t16-,17-,19+,20+/m0/s1. The fraction of sp³-hybridized carbons (Fsp3) is 0.444. The normalized spacial score (nSPS) is 18.0. The summed E-state index contributed by atoms with van der Waals surface area (Å²) in [6.07, 6.45) is 5.70. The lowest BCUT2D eigenvalue weighted by molar-refractivity contribution is -0.139. The van der Waals surface area contributed by atoms with Gasteiger partial charge in [0.1, 0.15) is 5.82 Å². The van der Waals surface area contributed by atoms with Gasteiger partial charge in [-0.1, -0.05) is 11.6 Å². The molecule has 0 aromatic carbocycles. The average Bonchev–Trinajstić information content (AvgIpc) is 3.36. The van der Waals surface area contributed by atoms with Crippen LogP contribution in [0.3, 0.4) is 0 Å². The van der Waals surface area contributed by atoms with Crippen molar-refractivity contribution in [1.82, 2.24) is 19.5 Å². The number of aryl methyl sites for hydroxylation is 1. The number of ether oxygens (including phenoxy) is 1. The van der Waals surface area contributed by atoms with Crippen molar-refractivity contribution in [1.29, 1.82) is 0 Å². The number of carbonyl (C=O) groups is 1. The van der Waals surface area contributed by atoms with Crippen molar-refractivity contribution in [2.45, 2.75) is 75.8 Å². The summed E-state index contributed by atoms with van der Waals surface area (Å²) in [5.41, 5.74) is 0.708. The number of nitrogens with one attached hydrogen (secondary N) is 2. The number of aliphatic carboxylic acids is 1. The highest BCUT2D eigenvalue weighted by Crippen LogP contribution is 2.25. The van der Waals surface area contributed by atoms with Crippen LogP contribution in [0.4, 0.5) is 20.5 Å². The molecule has 0 radical (unpaired) electrons. The zero-order valence-electron chi connectivity index (χ0n) is 22.4. The van der Waals surface area contributed by atoms with Gasteiger partial charge in [-0.3, -0.25) is 14.2 Å². The van der Waals surface area contributed by atoms with Crippen molar-refractivity contribution < 1.29 is 33.6 Å². The van der Waals surface area contributed by atoms with Gasteiger partial charge in [0.15, 0.2) is 5.75 Å². The molecule has 1 aliphatic carbocycles. The highest BCUT2D eigenvalue weighted by atomic mass is 35.5. The van der Waals surface area contributed by atoms with E-state index in [1.807, 2.05) is 0 Å². The lowest BCUT2D eigenvalue weighted by atomic mass is 10.0. The number of aliphatic hydroxyl groups excluding tert-OH is 2. The van der Waals surface area contributed by atoms with Gasteiger partial charge in [-0.25, -0.2) is 15.0 Å². The third-order valence-electron chi connectivity index (χ3n) is 6.78. The van der Waals surface area contributed by atoms with Gasteiger partial charge in [0.2, 0.25) is 5.95 Å². The minimum atomic E-state index is -2.94. The SMILES string of the molecule is O=C(O)C[C@H](O)C[C@H](O)CCc1cc(=O)n(-c2ccc(N[C@H]3CC[C@H](Nc4ncc(OC(F)F)cn4)C3)nc2)cc1Cl. The van der Waals surface area contributed by atoms with E-state index < -0.39 is 31.2 Å². The molecule has 0 saturated heterocycles. The summed E-state index contributed by atoms with van der Waals surface area (Å²) in [5.74, 6) is -0.308.